The van der Waals surface area contributed by atoms with E-state index in [0.29, 0.717) is 0 Å². The van der Waals surface area contributed by atoms with Crippen molar-refractivity contribution >= 4 is 17.9 Å². The first-order valence-electron chi connectivity index (χ1n) is 3.65. The number of alkyl halides is 3. The predicted octanol–water partition coefficient (Wildman–Crippen LogP) is 1.86. The van der Waals surface area contributed by atoms with Crippen molar-refractivity contribution in [1.29, 1.82) is 0 Å². The number of aromatic amines is 1. The number of nitrogens with one attached hydrogen (secondary N) is 1. The molecule has 76 valence electrons. The largest absolute Gasteiger partial charge is 0.363 e. The summed E-state index contributed by atoms with van der Waals surface area (Å²) in [7, 11) is 0. The first-order chi connectivity index (χ1) is 6.61. The molecule has 0 saturated heterocycles. The fourth-order valence-corrected chi connectivity index (χ4v) is 1.25. The van der Waals surface area contributed by atoms with Crippen molar-refractivity contribution in [2.45, 2.75) is 12.3 Å². The maximum Gasteiger partial charge on any atom is 0.269 e. The maximum atomic E-state index is 12.4. The van der Waals surface area contributed by atoms with Gasteiger partial charge in [0.2, 0.25) is 5.43 Å². The van der Waals surface area contributed by atoms with Crippen molar-refractivity contribution in [2.75, 3.05) is 0 Å². The zero-order chi connectivity index (χ0) is 10.7. The number of hydrogen-bond donors (Lipinski definition) is 1. The van der Waals surface area contributed by atoms with E-state index < -0.39 is 17.4 Å². The van der Waals surface area contributed by atoms with Crippen molar-refractivity contribution in [3.05, 3.63) is 33.2 Å². The zero-order valence-corrected chi connectivity index (χ0v) is 7.65. The molecule has 0 aromatic carbocycles. The Morgan fingerprint density at radius 2 is 2.21 bits per heavy atom. The molecule has 0 unspecified atom stereocenters. The van der Waals surface area contributed by atoms with E-state index in [0.717, 1.165) is 6.20 Å². The van der Waals surface area contributed by atoms with E-state index in [-0.39, 0.29) is 23.4 Å². The third-order valence-corrected chi connectivity index (χ3v) is 1.98. The summed E-state index contributed by atoms with van der Waals surface area (Å²) in [5.41, 5.74) is -2.08. The summed E-state index contributed by atoms with van der Waals surface area (Å²) in [5, 5.41) is 0. The highest BCUT2D eigenvalue weighted by Crippen LogP contribution is 2.19. The molecule has 0 aliphatic heterocycles. The fraction of sp³-hybridized carbons (Fsp3) is 0.250. The van der Waals surface area contributed by atoms with E-state index in [2.05, 4.69) is 4.98 Å². The number of carbonyl (C=O) groups is 1. The smallest absolute Gasteiger partial charge is 0.269 e. The molecule has 0 fully saturated rings. The molecule has 0 radical (unpaired) electrons. The molecular weight excluding hydrogens is 216 g/mol. The quantitative estimate of drug-likeness (QED) is 0.626. The molecule has 1 N–H and O–H groups in total. The Hall–Kier alpha value is -1.23. The van der Waals surface area contributed by atoms with Crippen LogP contribution in [0, 0.1) is 0 Å². The number of rotatable bonds is 3. The van der Waals surface area contributed by atoms with Crippen LogP contribution in [0.4, 0.5) is 8.78 Å². The summed E-state index contributed by atoms with van der Waals surface area (Å²) >= 11 is 5.35. The number of halogens is 3. The van der Waals surface area contributed by atoms with Crippen LogP contribution in [0.15, 0.2) is 11.0 Å². The average molecular weight is 222 g/mol. The number of aldehydes is 1. The van der Waals surface area contributed by atoms with Gasteiger partial charge in [0.1, 0.15) is 0 Å². The number of hydrogen-bond acceptors (Lipinski definition) is 2. The van der Waals surface area contributed by atoms with Crippen LogP contribution in [-0.2, 0) is 5.88 Å². The molecule has 1 aromatic rings. The van der Waals surface area contributed by atoms with Gasteiger partial charge in [-0.15, -0.1) is 11.6 Å². The molecule has 0 amide bonds. The van der Waals surface area contributed by atoms with Crippen LogP contribution >= 0.6 is 11.6 Å². The van der Waals surface area contributed by atoms with Gasteiger partial charge in [0, 0.05) is 11.9 Å². The van der Waals surface area contributed by atoms with Crippen LogP contribution in [0.3, 0.4) is 0 Å². The van der Waals surface area contributed by atoms with Gasteiger partial charge in [-0.1, -0.05) is 0 Å². The molecule has 6 heteroatoms. The molecule has 0 saturated carbocycles. The fourth-order valence-electron chi connectivity index (χ4n) is 1.03. The van der Waals surface area contributed by atoms with Gasteiger partial charge < -0.3 is 4.98 Å². The van der Waals surface area contributed by atoms with Crippen molar-refractivity contribution in [2.24, 2.45) is 0 Å². The average Bonchev–Trinajstić information content (AvgIpc) is 2.16. The minimum Gasteiger partial charge on any atom is -0.363 e. The van der Waals surface area contributed by atoms with E-state index >= 15 is 0 Å². The molecule has 0 bridgehead atoms. The summed E-state index contributed by atoms with van der Waals surface area (Å²) < 4.78 is 24.8. The molecule has 14 heavy (non-hydrogen) atoms. The molecule has 3 nitrogen and oxygen atoms in total. The Kier molecular flexibility index (Phi) is 3.35. The van der Waals surface area contributed by atoms with Crippen LogP contribution < -0.4 is 5.43 Å². The SMILES string of the molecule is O=Cc1c[nH]c(CCl)c(C(F)F)c1=O. The van der Waals surface area contributed by atoms with Crippen molar-refractivity contribution in [3.63, 3.8) is 0 Å². The van der Waals surface area contributed by atoms with E-state index in [4.69, 9.17) is 11.6 Å². The van der Waals surface area contributed by atoms with E-state index in [1.165, 1.54) is 0 Å². The Morgan fingerprint density at radius 1 is 1.57 bits per heavy atom. The standard InChI is InChI=1S/C8H6ClF2NO2/c9-1-5-6(8(10)11)7(14)4(3-13)2-12-5/h2-3,8H,1H2,(H,12,14). The van der Waals surface area contributed by atoms with Crippen molar-refractivity contribution in [3.8, 4) is 0 Å². The normalized spacial score (nSPS) is 10.6. The third-order valence-electron chi connectivity index (χ3n) is 1.71. The number of aromatic nitrogens is 1. The molecule has 1 aromatic heterocycles. The molecule has 1 rings (SSSR count). The molecular formula is C8H6ClF2NO2. The second kappa shape index (κ2) is 4.32. The first kappa shape index (κ1) is 10.8. The molecule has 0 spiro atoms. The highest BCUT2D eigenvalue weighted by atomic mass is 35.5. The maximum absolute atomic E-state index is 12.4. The van der Waals surface area contributed by atoms with Gasteiger partial charge in [-0.2, -0.15) is 0 Å². The summed E-state index contributed by atoms with van der Waals surface area (Å²) in [5.74, 6) is -0.228. The first-order valence-corrected chi connectivity index (χ1v) is 4.19. The Bertz CT molecular complexity index is 403. The van der Waals surface area contributed by atoms with Crippen LogP contribution in [0.25, 0.3) is 0 Å². The number of pyridine rings is 1. The van der Waals surface area contributed by atoms with Gasteiger partial charge in [0.25, 0.3) is 6.43 Å². The second-order valence-corrected chi connectivity index (χ2v) is 2.78. The predicted molar refractivity (Wildman–Crippen MR) is 47.0 cm³/mol. The lowest BCUT2D eigenvalue weighted by Crippen LogP contribution is -2.18. The summed E-state index contributed by atoms with van der Waals surface area (Å²) in [4.78, 5) is 23.9. The Morgan fingerprint density at radius 3 is 2.64 bits per heavy atom. The van der Waals surface area contributed by atoms with Crippen molar-refractivity contribution < 1.29 is 13.6 Å². The molecule has 0 aliphatic carbocycles. The summed E-state index contributed by atoms with van der Waals surface area (Å²) in [6, 6.07) is 0. The third kappa shape index (κ3) is 1.82. The summed E-state index contributed by atoms with van der Waals surface area (Å²) in [6.07, 6.45) is -1.64. The van der Waals surface area contributed by atoms with Crippen LogP contribution in [0.1, 0.15) is 28.0 Å². The van der Waals surface area contributed by atoms with Gasteiger partial charge in [0.05, 0.1) is 17.0 Å². The van der Waals surface area contributed by atoms with Crippen LogP contribution in [0.2, 0.25) is 0 Å². The Balaban J connectivity index is 3.47. The van der Waals surface area contributed by atoms with Gasteiger partial charge >= 0.3 is 0 Å². The topological polar surface area (TPSA) is 49.9 Å². The van der Waals surface area contributed by atoms with Crippen LogP contribution in [-0.4, -0.2) is 11.3 Å². The van der Waals surface area contributed by atoms with Gasteiger partial charge in [-0.3, -0.25) is 9.59 Å². The van der Waals surface area contributed by atoms with Crippen LogP contribution in [0.5, 0.6) is 0 Å². The minimum absolute atomic E-state index is 0.0581. The second-order valence-electron chi connectivity index (χ2n) is 2.52. The lowest BCUT2D eigenvalue weighted by Gasteiger charge is -2.05. The highest BCUT2D eigenvalue weighted by Gasteiger charge is 2.19. The van der Waals surface area contributed by atoms with Crippen molar-refractivity contribution in [1.82, 2.24) is 4.98 Å². The zero-order valence-electron chi connectivity index (χ0n) is 6.89. The summed E-state index contributed by atoms with van der Waals surface area (Å²) in [6.45, 7) is 0. The molecule has 0 aliphatic rings. The van der Waals surface area contributed by atoms with E-state index in [1.54, 1.807) is 0 Å². The molecule has 0 atom stereocenters. The van der Waals surface area contributed by atoms with E-state index in [9.17, 15) is 18.4 Å². The lowest BCUT2D eigenvalue weighted by molar-refractivity contribution is 0.112. The number of H-pyrrole nitrogens is 1. The van der Waals surface area contributed by atoms with Gasteiger partial charge in [0.15, 0.2) is 6.29 Å². The highest BCUT2D eigenvalue weighted by molar-refractivity contribution is 6.17. The molecule has 1 heterocycles. The van der Waals surface area contributed by atoms with Gasteiger partial charge in [-0.25, -0.2) is 8.78 Å². The Labute approximate surface area is 82.7 Å². The number of carbonyl (C=O) groups excluding carboxylic acids is 1. The lowest BCUT2D eigenvalue weighted by atomic mass is 10.1. The monoisotopic (exact) mass is 221 g/mol. The van der Waals surface area contributed by atoms with E-state index in [1.807, 2.05) is 0 Å². The van der Waals surface area contributed by atoms with Gasteiger partial charge in [-0.05, 0) is 0 Å². The minimum atomic E-state index is -2.94.